The summed E-state index contributed by atoms with van der Waals surface area (Å²) in [6, 6.07) is 1.81. The van der Waals surface area contributed by atoms with Crippen molar-refractivity contribution >= 4 is 17.7 Å². The first-order valence-electron chi connectivity index (χ1n) is 10.7. The molecular weight excluding hydrogens is 366 g/mol. The van der Waals surface area contributed by atoms with Gasteiger partial charge in [-0.2, -0.15) is 5.10 Å². The van der Waals surface area contributed by atoms with E-state index in [4.69, 9.17) is 4.52 Å². The number of carbonyl (C=O) groups is 1. The maximum atomic E-state index is 12.5. The van der Waals surface area contributed by atoms with Crippen LogP contribution >= 0.6 is 0 Å². The SMILES string of the molecule is Cc1cc(C2=NNC(=O)C2=Cc2[nH]c3c(c2CN2CCCCC2)CCCC3)no1. The molecule has 1 fully saturated rings. The molecule has 0 saturated carbocycles. The van der Waals surface area contributed by atoms with E-state index in [1.807, 2.05) is 13.0 Å². The molecule has 0 spiro atoms. The summed E-state index contributed by atoms with van der Waals surface area (Å²) in [6.45, 7) is 5.09. The molecule has 2 N–H and O–H groups in total. The first kappa shape index (κ1) is 18.4. The summed E-state index contributed by atoms with van der Waals surface area (Å²) in [6.07, 6.45) is 10.5. The van der Waals surface area contributed by atoms with E-state index < -0.39 is 0 Å². The fourth-order valence-electron chi connectivity index (χ4n) is 4.71. The zero-order valence-electron chi connectivity index (χ0n) is 16.9. The average molecular weight is 393 g/mol. The van der Waals surface area contributed by atoms with Gasteiger partial charge in [-0.15, -0.1) is 0 Å². The summed E-state index contributed by atoms with van der Waals surface area (Å²) in [4.78, 5) is 18.7. The first-order chi connectivity index (χ1) is 14.2. The Morgan fingerprint density at radius 2 is 2.00 bits per heavy atom. The monoisotopic (exact) mass is 393 g/mol. The van der Waals surface area contributed by atoms with E-state index in [0.29, 0.717) is 22.7 Å². The van der Waals surface area contributed by atoms with Gasteiger partial charge in [0.1, 0.15) is 17.2 Å². The van der Waals surface area contributed by atoms with Crippen LogP contribution in [0, 0.1) is 6.92 Å². The highest BCUT2D eigenvalue weighted by molar-refractivity contribution is 6.32. The van der Waals surface area contributed by atoms with Crippen molar-refractivity contribution in [3.8, 4) is 0 Å². The number of piperidine rings is 1. The number of hydrazone groups is 1. The lowest BCUT2D eigenvalue weighted by atomic mass is 9.93. The number of amides is 1. The van der Waals surface area contributed by atoms with Crippen LogP contribution in [0.4, 0.5) is 0 Å². The molecule has 2 aromatic rings. The molecule has 2 aliphatic heterocycles. The second kappa shape index (κ2) is 7.63. The molecule has 7 nitrogen and oxygen atoms in total. The highest BCUT2D eigenvalue weighted by atomic mass is 16.5. The Balaban J connectivity index is 1.53. The normalized spacial score (nSPS) is 21.3. The van der Waals surface area contributed by atoms with E-state index in [-0.39, 0.29) is 5.91 Å². The van der Waals surface area contributed by atoms with Crippen molar-refractivity contribution in [3.05, 3.63) is 45.6 Å². The molecule has 7 heteroatoms. The third-order valence-electron chi connectivity index (χ3n) is 6.20. The first-order valence-corrected chi connectivity index (χ1v) is 10.7. The standard InChI is InChI=1S/C22H27N5O2/c1-14-11-20(26-29-14)21-16(22(28)25-24-21)12-19-17(13-27-9-5-2-6-10-27)15-7-3-4-8-18(15)23-19/h11-12,23H,2-10,13H2,1H3,(H,25,28). The molecule has 5 rings (SSSR count). The lowest BCUT2D eigenvalue weighted by Gasteiger charge is -2.27. The number of rotatable bonds is 4. The minimum atomic E-state index is -0.197. The Bertz CT molecular complexity index is 991. The van der Waals surface area contributed by atoms with Crippen LogP contribution in [0.25, 0.3) is 6.08 Å². The molecule has 2 aromatic heterocycles. The molecule has 0 unspecified atom stereocenters. The quantitative estimate of drug-likeness (QED) is 0.782. The Hall–Kier alpha value is -2.67. The van der Waals surface area contributed by atoms with Gasteiger partial charge in [0.25, 0.3) is 5.91 Å². The molecule has 1 saturated heterocycles. The maximum absolute atomic E-state index is 12.5. The van der Waals surface area contributed by atoms with E-state index in [1.54, 1.807) is 6.07 Å². The van der Waals surface area contributed by atoms with Crippen molar-refractivity contribution in [2.75, 3.05) is 13.1 Å². The lowest BCUT2D eigenvalue weighted by Crippen LogP contribution is -2.29. The molecule has 152 valence electrons. The number of H-pyrrole nitrogens is 1. The molecule has 0 radical (unpaired) electrons. The van der Waals surface area contributed by atoms with Crippen LogP contribution in [-0.2, 0) is 24.2 Å². The third-order valence-corrected chi connectivity index (χ3v) is 6.20. The zero-order valence-corrected chi connectivity index (χ0v) is 16.9. The predicted octanol–water partition coefficient (Wildman–Crippen LogP) is 3.09. The second-order valence-electron chi connectivity index (χ2n) is 8.30. The Morgan fingerprint density at radius 1 is 1.17 bits per heavy atom. The molecular formula is C22H27N5O2. The van der Waals surface area contributed by atoms with Gasteiger partial charge < -0.3 is 9.51 Å². The number of nitrogens with one attached hydrogen (secondary N) is 2. The molecule has 4 heterocycles. The van der Waals surface area contributed by atoms with Crippen molar-refractivity contribution in [3.63, 3.8) is 0 Å². The van der Waals surface area contributed by atoms with Gasteiger partial charge in [0.05, 0.1) is 5.57 Å². The molecule has 29 heavy (non-hydrogen) atoms. The number of nitrogens with zero attached hydrogens (tertiary/aromatic N) is 3. The van der Waals surface area contributed by atoms with E-state index in [9.17, 15) is 4.79 Å². The van der Waals surface area contributed by atoms with Crippen molar-refractivity contribution < 1.29 is 9.32 Å². The minimum Gasteiger partial charge on any atom is -0.361 e. The van der Waals surface area contributed by atoms with Crippen molar-refractivity contribution in [1.29, 1.82) is 0 Å². The summed E-state index contributed by atoms with van der Waals surface area (Å²) < 4.78 is 5.19. The molecule has 3 aliphatic rings. The number of aryl methyl sites for hydroxylation is 2. The van der Waals surface area contributed by atoms with Gasteiger partial charge in [-0.3, -0.25) is 9.69 Å². The van der Waals surface area contributed by atoms with Gasteiger partial charge >= 0.3 is 0 Å². The molecule has 0 aromatic carbocycles. The van der Waals surface area contributed by atoms with E-state index in [2.05, 4.69) is 25.6 Å². The Labute approximate surface area is 170 Å². The van der Waals surface area contributed by atoms with E-state index in [0.717, 1.165) is 38.2 Å². The summed E-state index contributed by atoms with van der Waals surface area (Å²) >= 11 is 0. The van der Waals surface area contributed by atoms with Crippen LogP contribution in [0.15, 0.2) is 21.3 Å². The largest absolute Gasteiger partial charge is 0.361 e. The number of likely N-dealkylation sites (tertiary alicyclic amines) is 1. The molecule has 0 bridgehead atoms. The second-order valence-corrected chi connectivity index (χ2v) is 8.30. The van der Waals surface area contributed by atoms with Crippen LogP contribution < -0.4 is 5.43 Å². The van der Waals surface area contributed by atoms with Crippen molar-refractivity contribution in [1.82, 2.24) is 20.5 Å². The lowest BCUT2D eigenvalue weighted by molar-refractivity contribution is -0.116. The van der Waals surface area contributed by atoms with Crippen LogP contribution in [0.5, 0.6) is 0 Å². The molecule has 1 aliphatic carbocycles. The predicted molar refractivity (Wildman–Crippen MR) is 110 cm³/mol. The van der Waals surface area contributed by atoms with Crippen LogP contribution in [0.2, 0.25) is 0 Å². The Kier molecular flexibility index (Phi) is 4.83. The summed E-state index contributed by atoms with van der Waals surface area (Å²) in [5.41, 5.74) is 9.45. The van der Waals surface area contributed by atoms with Gasteiger partial charge in [0.15, 0.2) is 0 Å². The summed E-state index contributed by atoms with van der Waals surface area (Å²) in [5, 5.41) is 8.26. The fourth-order valence-corrected chi connectivity index (χ4v) is 4.71. The van der Waals surface area contributed by atoms with Gasteiger partial charge in [-0.1, -0.05) is 11.6 Å². The number of carbonyl (C=O) groups excluding carboxylic acids is 1. The van der Waals surface area contributed by atoms with Gasteiger partial charge in [0, 0.05) is 24.0 Å². The number of hydrogen-bond donors (Lipinski definition) is 2. The topological polar surface area (TPSA) is 86.5 Å². The average Bonchev–Trinajstić information content (AvgIpc) is 3.42. The van der Waals surface area contributed by atoms with E-state index >= 15 is 0 Å². The van der Waals surface area contributed by atoms with Crippen molar-refractivity contribution in [2.24, 2.45) is 5.10 Å². The number of hydrogen-bond acceptors (Lipinski definition) is 5. The molecule has 1 amide bonds. The summed E-state index contributed by atoms with van der Waals surface area (Å²) in [5.74, 6) is 0.500. The number of aromatic nitrogens is 2. The Morgan fingerprint density at radius 3 is 2.79 bits per heavy atom. The van der Waals surface area contributed by atoms with Gasteiger partial charge in [0.2, 0.25) is 0 Å². The number of aromatic amines is 1. The fraction of sp³-hybridized carbons (Fsp3) is 0.500. The molecule has 0 atom stereocenters. The van der Waals surface area contributed by atoms with E-state index in [1.165, 1.54) is 48.9 Å². The van der Waals surface area contributed by atoms with Gasteiger partial charge in [-0.25, -0.2) is 5.43 Å². The van der Waals surface area contributed by atoms with Gasteiger partial charge in [-0.05, 0) is 75.7 Å². The summed E-state index contributed by atoms with van der Waals surface area (Å²) in [7, 11) is 0. The van der Waals surface area contributed by atoms with Crippen LogP contribution in [-0.4, -0.2) is 39.7 Å². The maximum Gasteiger partial charge on any atom is 0.273 e. The minimum absolute atomic E-state index is 0.197. The smallest absolute Gasteiger partial charge is 0.273 e. The van der Waals surface area contributed by atoms with Crippen molar-refractivity contribution in [2.45, 2.75) is 58.4 Å². The zero-order chi connectivity index (χ0) is 19.8. The number of fused-ring (bicyclic) bond motifs is 1. The van der Waals surface area contributed by atoms with Crippen LogP contribution in [0.3, 0.4) is 0 Å². The third kappa shape index (κ3) is 3.55. The highest BCUT2D eigenvalue weighted by Crippen LogP contribution is 2.31. The van der Waals surface area contributed by atoms with Crippen LogP contribution in [0.1, 0.15) is 66.1 Å². The highest BCUT2D eigenvalue weighted by Gasteiger charge is 2.28.